The second kappa shape index (κ2) is 5.12. The maximum absolute atomic E-state index is 12.6. The number of carbonyl (C=O) groups excluding carboxylic acids is 1. The number of piperazine rings is 1. The number of rotatable bonds is 3. The monoisotopic (exact) mass is 309 g/mol. The van der Waals surface area contributed by atoms with E-state index in [-0.39, 0.29) is 4.90 Å². The van der Waals surface area contributed by atoms with Crippen LogP contribution >= 0.6 is 0 Å². The van der Waals surface area contributed by atoms with Crippen molar-refractivity contribution in [1.82, 2.24) is 14.2 Å². The summed E-state index contributed by atoms with van der Waals surface area (Å²) in [5.74, 6) is 0.499. The maximum atomic E-state index is 12.6. The summed E-state index contributed by atoms with van der Waals surface area (Å²) in [7, 11) is -3.57. The topological polar surface area (TPSA) is 83.7 Å². The molecule has 0 aliphatic carbocycles. The Morgan fingerprint density at radius 2 is 1.95 bits per heavy atom. The Balaban J connectivity index is 1.91. The van der Waals surface area contributed by atoms with Crippen molar-refractivity contribution in [2.24, 2.45) is 0 Å². The third-order valence-corrected chi connectivity index (χ3v) is 5.42. The summed E-state index contributed by atoms with van der Waals surface area (Å²) in [6.45, 7) is 3.13. The number of nitrogens with zero attached hydrogens (tertiary/aromatic N) is 3. The molecule has 0 bridgehead atoms. The second-order valence-corrected chi connectivity index (χ2v) is 6.85. The molecule has 0 atom stereocenters. The van der Waals surface area contributed by atoms with Crippen molar-refractivity contribution in [3.63, 3.8) is 0 Å². The van der Waals surface area contributed by atoms with Crippen molar-refractivity contribution in [2.75, 3.05) is 26.2 Å². The molecule has 8 heteroatoms. The lowest BCUT2D eigenvalue weighted by Crippen LogP contribution is -2.47. The lowest BCUT2D eigenvalue weighted by Gasteiger charge is -2.31. The minimum absolute atomic E-state index is 0.186. The van der Waals surface area contributed by atoms with Gasteiger partial charge in [-0.15, -0.1) is 0 Å². The van der Waals surface area contributed by atoms with Gasteiger partial charge < -0.3 is 9.32 Å². The van der Waals surface area contributed by atoms with Crippen molar-refractivity contribution in [3.8, 4) is 0 Å². The molecular formula is C13H15N3O4S. The molecule has 2 heterocycles. The summed E-state index contributed by atoms with van der Waals surface area (Å²) in [6, 6.07) is 4.67. The zero-order chi connectivity index (χ0) is 15.0. The van der Waals surface area contributed by atoms with E-state index < -0.39 is 10.0 Å². The quantitative estimate of drug-likeness (QED) is 0.775. The molecule has 0 saturated carbocycles. The molecule has 21 heavy (non-hydrogen) atoms. The average Bonchev–Trinajstić information content (AvgIpc) is 2.86. The van der Waals surface area contributed by atoms with Crippen LogP contribution in [0.3, 0.4) is 0 Å². The second-order valence-electron chi connectivity index (χ2n) is 4.91. The van der Waals surface area contributed by atoms with Crippen LogP contribution in [-0.4, -0.2) is 55.2 Å². The van der Waals surface area contributed by atoms with Crippen molar-refractivity contribution >= 4 is 27.5 Å². The van der Waals surface area contributed by atoms with Crippen LogP contribution in [-0.2, 0) is 14.8 Å². The van der Waals surface area contributed by atoms with E-state index in [9.17, 15) is 13.2 Å². The van der Waals surface area contributed by atoms with Crippen LogP contribution < -0.4 is 0 Å². The fraction of sp³-hybridized carbons (Fsp3) is 0.385. The number of carbonyl (C=O) groups is 1. The van der Waals surface area contributed by atoms with Crippen LogP contribution in [0.5, 0.6) is 0 Å². The SMILES string of the molecule is Cc1nc2ccc(S(=O)(=O)N3CCN(C=O)CC3)cc2o1. The number of amides is 1. The summed E-state index contributed by atoms with van der Waals surface area (Å²) in [6.07, 6.45) is 0.743. The van der Waals surface area contributed by atoms with Gasteiger partial charge in [0.15, 0.2) is 11.5 Å². The number of aromatic nitrogens is 1. The number of aryl methyl sites for hydroxylation is 1. The Bertz CT molecular complexity index is 776. The Kier molecular flexibility index (Phi) is 3.42. The third kappa shape index (κ3) is 2.52. The van der Waals surface area contributed by atoms with Crippen LogP contribution in [0.4, 0.5) is 0 Å². The van der Waals surface area contributed by atoms with Gasteiger partial charge in [-0.1, -0.05) is 0 Å². The van der Waals surface area contributed by atoms with E-state index in [1.165, 1.54) is 16.4 Å². The highest BCUT2D eigenvalue weighted by atomic mass is 32.2. The molecular weight excluding hydrogens is 294 g/mol. The molecule has 2 aromatic rings. The Morgan fingerprint density at radius 1 is 1.24 bits per heavy atom. The van der Waals surface area contributed by atoms with E-state index in [1.807, 2.05) is 0 Å². The molecule has 3 rings (SSSR count). The number of oxazole rings is 1. The normalized spacial score (nSPS) is 17.3. The minimum Gasteiger partial charge on any atom is -0.441 e. The Morgan fingerprint density at radius 3 is 2.62 bits per heavy atom. The summed E-state index contributed by atoms with van der Waals surface area (Å²) in [5.41, 5.74) is 1.09. The van der Waals surface area contributed by atoms with Crippen LogP contribution in [0.1, 0.15) is 5.89 Å². The molecule has 1 aromatic carbocycles. The van der Waals surface area contributed by atoms with E-state index in [0.717, 1.165) is 6.41 Å². The van der Waals surface area contributed by atoms with Crippen LogP contribution in [0.2, 0.25) is 0 Å². The minimum atomic E-state index is -3.57. The van der Waals surface area contributed by atoms with Crippen molar-refractivity contribution < 1.29 is 17.6 Å². The van der Waals surface area contributed by atoms with Gasteiger partial charge >= 0.3 is 0 Å². The average molecular weight is 309 g/mol. The fourth-order valence-corrected chi connectivity index (χ4v) is 3.82. The number of benzene rings is 1. The Hall–Kier alpha value is -1.93. The van der Waals surface area contributed by atoms with Gasteiger partial charge in [0.25, 0.3) is 0 Å². The van der Waals surface area contributed by atoms with Gasteiger partial charge in [-0.25, -0.2) is 13.4 Å². The van der Waals surface area contributed by atoms with Gasteiger partial charge in [0.1, 0.15) is 5.52 Å². The molecule has 0 spiro atoms. The molecule has 0 unspecified atom stereocenters. The van der Waals surface area contributed by atoms with Gasteiger partial charge in [0.2, 0.25) is 16.4 Å². The van der Waals surface area contributed by atoms with Gasteiger partial charge in [0.05, 0.1) is 4.90 Å². The summed E-state index contributed by atoms with van der Waals surface area (Å²) >= 11 is 0. The van der Waals surface area contributed by atoms with Gasteiger partial charge in [-0.3, -0.25) is 4.79 Å². The van der Waals surface area contributed by atoms with E-state index in [4.69, 9.17) is 4.42 Å². The van der Waals surface area contributed by atoms with Gasteiger partial charge in [0, 0.05) is 39.2 Å². The number of hydrogen-bond donors (Lipinski definition) is 0. The molecule has 1 aliphatic rings. The molecule has 0 N–H and O–H groups in total. The summed E-state index contributed by atoms with van der Waals surface area (Å²) in [4.78, 5) is 16.6. The highest BCUT2D eigenvalue weighted by Crippen LogP contribution is 2.23. The lowest BCUT2D eigenvalue weighted by molar-refractivity contribution is -0.119. The lowest BCUT2D eigenvalue weighted by atomic mass is 10.3. The predicted octanol–water partition coefficient (Wildman–Crippen LogP) is 0.599. The third-order valence-electron chi connectivity index (χ3n) is 3.53. The fourth-order valence-electron chi connectivity index (χ4n) is 2.38. The first kappa shape index (κ1) is 14.0. The zero-order valence-electron chi connectivity index (χ0n) is 11.5. The summed E-state index contributed by atoms with van der Waals surface area (Å²) in [5, 5.41) is 0. The first-order valence-corrected chi connectivity index (χ1v) is 8.01. The van der Waals surface area contributed by atoms with Gasteiger partial charge in [-0.2, -0.15) is 4.31 Å². The maximum Gasteiger partial charge on any atom is 0.243 e. The first-order valence-electron chi connectivity index (χ1n) is 6.57. The molecule has 1 amide bonds. The highest BCUT2D eigenvalue weighted by Gasteiger charge is 2.28. The largest absolute Gasteiger partial charge is 0.441 e. The summed E-state index contributed by atoms with van der Waals surface area (Å²) < 4.78 is 31.9. The standard InChI is InChI=1S/C13H15N3O4S/c1-10-14-12-3-2-11(8-13(12)20-10)21(18,19)16-6-4-15(9-17)5-7-16/h2-3,8-9H,4-7H2,1H3. The highest BCUT2D eigenvalue weighted by molar-refractivity contribution is 7.89. The molecule has 0 radical (unpaired) electrons. The number of hydrogen-bond acceptors (Lipinski definition) is 5. The molecule has 1 fully saturated rings. The molecule has 7 nitrogen and oxygen atoms in total. The first-order chi connectivity index (χ1) is 10.0. The van der Waals surface area contributed by atoms with Crippen molar-refractivity contribution in [2.45, 2.75) is 11.8 Å². The molecule has 1 aliphatic heterocycles. The van der Waals surface area contributed by atoms with E-state index in [2.05, 4.69) is 4.98 Å². The number of fused-ring (bicyclic) bond motifs is 1. The molecule has 112 valence electrons. The molecule has 1 aromatic heterocycles. The van der Waals surface area contributed by atoms with E-state index >= 15 is 0 Å². The van der Waals surface area contributed by atoms with Gasteiger partial charge in [-0.05, 0) is 12.1 Å². The van der Waals surface area contributed by atoms with E-state index in [1.54, 1.807) is 17.9 Å². The Labute approximate surface area is 122 Å². The van der Waals surface area contributed by atoms with Crippen LogP contribution in [0.25, 0.3) is 11.1 Å². The predicted molar refractivity (Wildman–Crippen MR) is 75.1 cm³/mol. The van der Waals surface area contributed by atoms with E-state index in [0.29, 0.717) is 43.2 Å². The van der Waals surface area contributed by atoms with Crippen LogP contribution in [0.15, 0.2) is 27.5 Å². The zero-order valence-corrected chi connectivity index (χ0v) is 12.3. The smallest absolute Gasteiger partial charge is 0.243 e. The van der Waals surface area contributed by atoms with Crippen molar-refractivity contribution in [1.29, 1.82) is 0 Å². The number of sulfonamides is 1. The van der Waals surface area contributed by atoms with Crippen LogP contribution in [0, 0.1) is 6.92 Å². The van der Waals surface area contributed by atoms with Crippen molar-refractivity contribution in [3.05, 3.63) is 24.1 Å². The molecule has 1 saturated heterocycles.